The molecule has 13 heavy (non-hydrogen) atoms. The Morgan fingerprint density at radius 2 is 0.692 bits per heavy atom. The number of alkyl halides is 5. The van der Waals surface area contributed by atoms with Crippen LogP contribution < -0.4 is 0 Å². The molecule has 1 radical (unpaired) electrons. The Hall–Kier alpha value is -0.350. The maximum Gasteiger partial charge on any atom is 0.464 e. The lowest BCUT2D eigenvalue weighted by atomic mass is 10.7. The predicted octanol–water partition coefficient (Wildman–Crippen LogP) is 3.10. The van der Waals surface area contributed by atoms with E-state index in [9.17, 15) is 22.0 Å². The molecule has 0 nitrogen and oxygen atoms in total. The van der Waals surface area contributed by atoms with E-state index < -0.39 is 11.4 Å². The van der Waals surface area contributed by atoms with Crippen molar-refractivity contribution in [1.29, 1.82) is 0 Å². The molecule has 0 aromatic rings. The van der Waals surface area contributed by atoms with Crippen molar-refractivity contribution >= 4 is 12.6 Å². The molecule has 0 saturated carbocycles. The lowest BCUT2D eigenvalue weighted by molar-refractivity contribution is -0.236. The summed E-state index contributed by atoms with van der Waals surface area (Å²) in [6.45, 7) is 0. The molecule has 0 rings (SSSR count). The Labute approximate surface area is 70.7 Å². The zero-order valence-corrected chi connectivity index (χ0v) is 6.16. The van der Waals surface area contributed by atoms with Gasteiger partial charge >= 0.3 is 11.4 Å². The quantitative estimate of drug-likeness (QED) is 0.580. The Bertz CT molecular complexity index is 67.9. The summed E-state index contributed by atoms with van der Waals surface area (Å²) in [5, 5.41) is -4.98. The second-order valence-corrected chi connectivity index (χ2v) is 1.53. The van der Waals surface area contributed by atoms with Crippen molar-refractivity contribution in [2.45, 2.75) is 11.4 Å². The SMILES string of the molecule is F.F.F.F.F.FC(F)(F)C(F)(F)[S]. The van der Waals surface area contributed by atoms with Crippen molar-refractivity contribution in [2.75, 3.05) is 0 Å². The first-order chi connectivity index (χ1) is 3.25. The van der Waals surface area contributed by atoms with Gasteiger partial charge in [0.2, 0.25) is 0 Å². The highest BCUT2D eigenvalue weighted by atomic mass is 32.1. The van der Waals surface area contributed by atoms with Crippen molar-refractivity contribution in [1.82, 2.24) is 0 Å². The van der Waals surface area contributed by atoms with E-state index in [-0.39, 0.29) is 23.5 Å². The Balaban J connectivity index is -0.0000000245. The summed E-state index contributed by atoms with van der Waals surface area (Å²) in [6.07, 6.45) is -5.58. The molecule has 0 fully saturated rings. The summed E-state index contributed by atoms with van der Waals surface area (Å²) in [5.74, 6) is 0. The summed E-state index contributed by atoms with van der Waals surface area (Å²) < 4.78 is 54.0. The lowest BCUT2D eigenvalue weighted by Gasteiger charge is -2.10. The van der Waals surface area contributed by atoms with Crippen molar-refractivity contribution in [2.24, 2.45) is 0 Å². The molecule has 0 heterocycles. The molecule has 0 saturated heterocycles. The first-order valence-electron chi connectivity index (χ1n) is 1.40. The van der Waals surface area contributed by atoms with Crippen LogP contribution in [0.3, 0.4) is 0 Å². The Morgan fingerprint density at radius 1 is 0.615 bits per heavy atom. The first-order valence-corrected chi connectivity index (χ1v) is 1.81. The van der Waals surface area contributed by atoms with Crippen molar-refractivity contribution in [3.05, 3.63) is 0 Å². The molecule has 0 aliphatic rings. The first kappa shape index (κ1) is 38.8. The van der Waals surface area contributed by atoms with Crippen LogP contribution >= 0.6 is 12.6 Å². The fourth-order valence-electron chi connectivity index (χ4n) is 0. The van der Waals surface area contributed by atoms with Gasteiger partial charge in [-0.2, -0.15) is 22.0 Å². The fourth-order valence-corrected chi connectivity index (χ4v) is 0. The van der Waals surface area contributed by atoms with Gasteiger partial charge in [0.25, 0.3) is 0 Å². The molecule has 0 unspecified atom stereocenters. The Morgan fingerprint density at radius 3 is 0.692 bits per heavy atom. The second kappa shape index (κ2) is 9.74. The molecule has 0 aliphatic carbocycles. The third kappa shape index (κ3) is 14.5. The fraction of sp³-hybridized carbons (Fsp3) is 1.00. The minimum absolute atomic E-state index is 0. The highest BCUT2D eigenvalue weighted by Crippen LogP contribution is 2.37. The van der Waals surface area contributed by atoms with Crippen LogP contribution in [0.25, 0.3) is 0 Å². The molecule has 0 aromatic carbocycles. The monoisotopic (exact) mass is 251 g/mol. The summed E-state index contributed by atoms with van der Waals surface area (Å²) in [4.78, 5) is 0. The van der Waals surface area contributed by atoms with Crippen LogP contribution in [0.5, 0.6) is 0 Å². The largest absolute Gasteiger partial charge is 0.464 e. The molecule has 0 spiro atoms. The van der Waals surface area contributed by atoms with Gasteiger partial charge < -0.3 is 0 Å². The van der Waals surface area contributed by atoms with Crippen molar-refractivity contribution < 1.29 is 45.5 Å². The average Bonchev–Trinajstić information content (AvgIpc) is 1.25. The maximum absolute atomic E-state index is 10.9. The van der Waals surface area contributed by atoms with Crippen LogP contribution in [0, 0.1) is 0 Å². The zero-order chi connectivity index (χ0) is 7.00. The number of hydrogen-bond donors (Lipinski definition) is 0. The van der Waals surface area contributed by atoms with Gasteiger partial charge in [-0.15, -0.1) is 0 Å². The van der Waals surface area contributed by atoms with E-state index in [1.54, 1.807) is 0 Å². The maximum atomic E-state index is 10.9. The van der Waals surface area contributed by atoms with E-state index in [0.717, 1.165) is 0 Å². The normalized spacial score (nSPS) is 8.77. The number of halogens is 10. The minimum atomic E-state index is -5.58. The molecule has 11 heteroatoms. The summed E-state index contributed by atoms with van der Waals surface area (Å²) in [6, 6.07) is 0. The van der Waals surface area contributed by atoms with Crippen LogP contribution in [0.4, 0.5) is 45.5 Å². The average molecular weight is 251 g/mol. The van der Waals surface area contributed by atoms with Crippen LogP contribution in [0.2, 0.25) is 0 Å². The van der Waals surface area contributed by atoms with E-state index in [1.807, 2.05) is 0 Å². The van der Waals surface area contributed by atoms with Crippen molar-refractivity contribution in [3.63, 3.8) is 0 Å². The minimum Gasteiger partial charge on any atom is -0.269 e. The predicted molar refractivity (Wildman–Crippen MR) is 31.1 cm³/mol. The molecule has 89 valence electrons. The van der Waals surface area contributed by atoms with Gasteiger partial charge in [0.05, 0.1) is 0 Å². The summed E-state index contributed by atoms with van der Waals surface area (Å²) >= 11 is 2.76. The van der Waals surface area contributed by atoms with E-state index in [0.29, 0.717) is 0 Å². The summed E-state index contributed by atoms with van der Waals surface area (Å²) in [5.41, 5.74) is 0. The van der Waals surface area contributed by atoms with E-state index in [1.165, 1.54) is 0 Å². The number of rotatable bonds is 0. The summed E-state index contributed by atoms with van der Waals surface area (Å²) in [7, 11) is 0. The highest BCUT2D eigenvalue weighted by molar-refractivity contribution is 7.81. The van der Waals surface area contributed by atoms with Gasteiger partial charge in [-0.1, -0.05) is 0 Å². The van der Waals surface area contributed by atoms with Crippen LogP contribution in [0.1, 0.15) is 0 Å². The van der Waals surface area contributed by atoms with E-state index in [2.05, 4.69) is 12.6 Å². The molecular formula is C2H5F10S. The molecule has 0 N–H and O–H groups in total. The third-order valence-electron chi connectivity index (χ3n) is 0.330. The molecule has 0 aromatic heterocycles. The van der Waals surface area contributed by atoms with E-state index >= 15 is 0 Å². The van der Waals surface area contributed by atoms with Crippen LogP contribution in [-0.4, -0.2) is 11.4 Å². The molecule has 0 bridgehead atoms. The molecule has 0 amide bonds. The highest BCUT2D eigenvalue weighted by Gasteiger charge is 2.55. The Kier molecular flexibility index (Phi) is 29.1. The molecule has 0 atom stereocenters. The van der Waals surface area contributed by atoms with Crippen molar-refractivity contribution in [3.8, 4) is 0 Å². The van der Waals surface area contributed by atoms with Crippen LogP contribution in [-0.2, 0) is 0 Å². The topological polar surface area (TPSA) is 0 Å². The van der Waals surface area contributed by atoms with Gasteiger partial charge in [0, 0.05) is 0 Å². The third-order valence-corrected chi connectivity index (χ3v) is 0.561. The van der Waals surface area contributed by atoms with Crippen LogP contribution in [0.15, 0.2) is 0 Å². The number of hydrogen-bond acceptors (Lipinski definition) is 0. The van der Waals surface area contributed by atoms with Gasteiger partial charge in [-0.3, -0.25) is 23.5 Å². The van der Waals surface area contributed by atoms with Gasteiger partial charge in [0.1, 0.15) is 0 Å². The van der Waals surface area contributed by atoms with Gasteiger partial charge in [-0.05, 0) is 12.6 Å². The standard InChI is InChI=1S/C2F5S.5FH/c3-1(4,5)2(6,7)8;;;;;/h;5*1H. The molecular weight excluding hydrogens is 246 g/mol. The van der Waals surface area contributed by atoms with Gasteiger partial charge in [0.15, 0.2) is 0 Å². The van der Waals surface area contributed by atoms with E-state index in [4.69, 9.17) is 0 Å². The zero-order valence-electron chi connectivity index (χ0n) is 5.34. The smallest absolute Gasteiger partial charge is 0.269 e. The lowest BCUT2D eigenvalue weighted by Crippen LogP contribution is -2.29. The second-order valence-electron chi connectivity index (χ2n) is 1.01. The molecule has 0 aliphatic heterocycles. The van der Waals surface area contributed by atoms with Gasteiger partial charge in [-0.25, -0.2) is 0 Å².